The van der Waals surface area contributed by atoms with E-state index in [9.17, 15) is 8.42 Å². The number of nitrogens with two attached hydrogens (primary N) is 1. The number of sulfonamides is 1. The van der Waals surface area contributed by atoms with Crippen molar-refractivity contribution in [2.45, 2.75) is 6.92 Å². The largest absolute Gasteiger partial charge is 0.384 e. The minimum Gasteiger partial charge on any atom is -0.384 e. The van der Waals surface area contributed by atoms with Crippen LogP contribution in [0.3, 0.4) is 0 Å². The lowest BCUT2D eigenvalue weighted by Crippen LogP contribution is -2.21. The standard InChI is InChI=1S/C14H20N5O2S/c1-4-6-14(22(20,21)19(3)18-16)12-7-5-8-13(11(12)2)17-10-9-15/h4-8,17H,1,9-10,15H2,2-3H3/q+1/b14-6+. The molecule has 0 heterocycles. The highest BCUT2D eigenvalue weighted by Crippen LogP contribution is 2.30. The number of rotatable bonds is 7. The molecule has 3 N–H and O–H groups in total. The second-order valence-electron chi connectivity index (χ2n) is 4.49. The fourth-order valence-corrected chi connectivity index (χ4v) is 3.06. The lowest BCUT2D eigenvalue weighted by atomic mass is 10.1. The Bertz CT molecular complexity index is 719. The maximum Gasteiger partial charge on any atom is 0.326 e. The number of nitrogens with zero attached hydrogens (tertiary/aromatic N) is 3. The Kier molecular flexibility index (Phi) is 6.10. The van der Waals surface area contributed by atoms with Crippen molar-refractivity contribution in [2.24, 2.45) is 5.73 Å². The van der Waals surface area contributed by atoms with Crippen LogP contribution in [0.25, 0.3) is 9.99 Å². The molecule has 0 fully saturated rings. The fraction of sp³-hybridized carbons (Fsp3) is 0.286. The van der Waals surface area contributed by atoms with E-state index in [-0.39, 0.29) is 4.91 Å². The van der Waals surface area contributed by atoms with E-state index >= 15 is 0 Å². The van der Waals surface area contributed by atoms with Crippen LogP contribution in [-0.4, -0.2) is 33.0 Å². The second-order valence-corrected chi connectivity index (χ2v) is 6.41. The predicted octanol–water partition coefficient (Wildman–Crippen LogP) is 1.92. The first-order valence-electron chi connectivity index (χ1n) is 6.60. The molecule has 1 rings (SSSR count). The third-order valence-corrected chi connectivity index (χ3v) is 4.76. The average molecular weight is 322 g/mol. The van der Waals surface area contributed by atoms with Crippen LogP contribution in [0.15, 0.2) is 36.9 Å². The highest BCUT2D eigenvalue weighted by molar-refractivity contribution is 7.98. The minimum absolute atomic E-state index is 0.00306. The Morgan fingerprint density at radius 1 is 1.55 bits per heavy atom. The first-order chi connectivity index (χ1) is 10.4. The topological polar surface area (TPSA) is 104 Å². The highest BCUT2D eigenvalue weighted by Gasteiger charge is 2.32. The molecule has 0 bridgehead atoms. The van der Waals surface area contributed by atoms with Gasteiger partial charge in [-0.1, -0.05) is 24.8 Å². The molecular weight excluding hydrogens is 302 g/mol. The summed E-state index contributed by atoms with van der Waals surface area (Å²) in [5.41, 5.74) is 7.50. The molecule has 0 atom stereocenters. The summed E-state index contributed by atoms with van der Waals surface area (Å²) in [4.78, 5) is -0.00306. The first-order valence-corrected chi connectivity index (χ1v) is 8.04. The third-order valence-electron chi connectivity index (χ3n) is 3.08. The van der Waals surface area contributed by atoms with Gasteiger partial charge in [-0.2, -0.15) is 8.42 Å². The molecule has 0 saturated heterocycles. The van der Waals surface area contributed by atoms with E-state index < -0.39 is 10.0 Å². The van der Waals surface area contributed by atoms with Crippen LogP contribution in [-0.2, 0) is 10.0 Å². The summed E-state index contributed by atoms with van der Waals surface area (Å²) in [6.07, 6.45) is 2.74. The zero-order chi connectivity index (χ0) is 16.8. The molecule has 0 unspecified atom stereocenters. The summed E-state index contributed by atoms with van der Waals surface area (Å²) in [7, 11) is -2.82. The van der Waals surface area contributed by atoms with E-state index in [1.165, 1.54) is 12.2 Å². The lowest BCUT2D eigenvalue weighted by molar-refractivity contribution is 0.545. The van der Waals surface area contributed by atoms with Crippen LogP contribution >= 0.6 is 0 Å². The van der Waals surface area contributed by atoms with Gasteiger partial charge in [-0.3, -0.25) is 0 Å². The van der Waals surface area contributed by atoms with Crippen LogP contribution in [0.2, 0.25) is 0 Å². The molecule has 0 aliphatic heterocycles. The average Bonchev–Trinajstić information content (AvgIpc) is 2.51. The molecule has 0 aliphatic carbocycles. The Morgan fingerprint density at radius 3 is 2.77 bits per heavy atom. The molecule has 1 aromatic rings. The molecule has 0 aromatic heterocycles. The smallest absolute Gasteiger partial charge is 0.326 e. The van der Waals surface area contributed by atoms with Gasteiger partial charge < -0.3 is 11.1 Å². The number of diazo groups is 1. The summed E-state index contributed by atoms with van der Waals surface area (Å²) in [5, 5.41) is 14.6. The molecule has 0 amide bonds. The van der Waals surface area contributed by atoms with Gasteiger partial charge in [-0.25, -0.2) is 0 Å². The van der Waals surface area contributed by atoms with Crippen LogP contribution in [0.4, 0.5) is 5.69 Å². The third kappa shape index (κ3) is 3.63. The van der Waals surface area contributed by atoms with Crippen molar-refractivity contribution >= 4 is 20.6 Å². The van der Waals surface area contributed by atoms with Gasteiger partial charge in [0, 0.05) is 24.3 Å². The maximum absolute atomic E-state index is 12.4. The number of hydrogen-bond donors (Lipinski definition) is 2. The zero-order valence-corrected chi connectivity index (χ0v) is 13.5. The van der Waals surface area contributed by atoms with E-state index in [2.05, 4.69) is 17.0 Å². The summed E-state index contributed by atoms with van der Waals surface area (Å²) in [6, 6.07) is 5.26. The first kappa shape index (κ1) is 17.7. The van der Waals surface area contributed by atoms with Gasteiger partial charge in [-0.05, 0) is 24.6 Å². The molecular formula is C14H20N5O2S+. The monoisotopic (exact) mass is 322 g/mol. The molecule has 8 heteroatoms. The molecule has 0 radical (unpaired) electrons. The Morgan fingerprint density at radius 2 is 2.23 bits per heavy atom. The van der Waals surface area contributed by atoms with Crippen molar-refractivity contribution < 1.29 is 8.42 Å². The molecule has 0 saturated carbocycles. The Labute approximate surface area is 130 Å². The van der Waals surface area contributed by atoms with Crippen LogP contribution in [0.5, 0.6) is 0 Å². The van der Waals surface area contributed by atoms with Gasteiger partial charge in [-0.15, -0.1) is 0 Å². The van der Waals surface area contributed by atoms with Crippen molar-refractivity contribution in [2.75, 3.05) is 25.5 Å². The maximum atomic E-state index is 12.4. The summed E-state index contributed by atoms with van der Waals surface area (Å²) >= 11 is 0. The lowest BCUT2D eigenvalue weighted by Gasteiger charge is -2.14. The summed E-state index contributed by atoms with van der Waals surface area (Å²) in [5.74, 6) is 0. The second kappa shape index (κ2) is 7.59. The quantitative estimate of drug-likeness (QED) is 0.453. The molecule has 22 heavy (non-hydrogen) atoms. The van der Waals surface area contributed by atoms with Crippen molar-refractivity contribution in [3.63, 3.8) is 0 Å². The van der Waals surface area contributed by atoms with Gasteiger partial charge in [0.15, 0.2) is 0 Å². The van der Waals surface area contributed by atoms with Crippen LogP contribution < -0.4 is 11.1 Å². The van der Waals surface area contributed by atoms with Gasteiger partial charge in [0.05, 0.1) is 4.41 Å². The van der Waals surface area contributed by atoms with Crippen molar-refractivity contribution in [1.29, 1.82) is 5.39 Å². The summed E-state index contributed by atoms with van der Waals surface area (Å²) in [6.45, 7) is 6.38. The van der Waals surface area contributed by atoms with Gasteiger partial charge >= 0.3 is 15.1 Å². The van der Waals surface area contributed by atoms with E-state index in [0.717, 1.165) is 18.3 Å². The van der Waals surface area contributed by atoms with E-state index in [4.69, 9.17) is 11.1 Å². The summed E-state index contributed by atoms with van der Waals surface area (Å²) < 4.78 is 25.4. The van der Waals surface area contributed by atoms with Crippen molar-refractivity contribution in [3.8, 4) is 0 Å². The molecule has 1 aromatic carbocycles. The van der Waals surface area contributed by atoms with Gasteiger partial charge in [0.25, 0.3) is 5.39 Å². The van der Waals surface area contributed by atoms with Crippen LogP contribution in [0, 0.1) is 12.3 Å². The van der Waals surface area contributed by atoms with Crippen molar-refractivity contribution in [1.82, 2.24) is 4.41 Å². The number of anilines is 1. The van der Waals surface area contributed by atoms with Crippen LogP contribution in [0.1, 0.15) is 11.1 Å². The minimum atomic E-state index is -3.97. The fourth-order valence-electron chi connectivity index (χ4n) is 1.91. The molecule has 0 spiro atoms. The van der Waals surface area contributed by atoms with Gasteiger partial charge in [0.2, 0.25) is 0 Å². The molecule has 7 nitrogen and oxygen atoms in total. The molecule has 118 valence electrons. The van der Waals surface area contributed by atoms with E-state index in [1.54, 1.807) is 19.1 Å². The van der Waals surface area contributed by atoms with Crippen molar-refractivity contribution in [3.05, 3.63) is 53.1 Å². The predicted molar refractivity (Wildman–Crippen MR) is 88.7 cm³/mol. The van der Waals surface area contributed by atoms with Gasteiger partial charge in [0.1, 0.15) is 12.0 Å². The van der Waals surface area contributed by atoms with E-state index in [0.29, 0.717) is 23.1 Å². The highest BCUT2D eigenvalue weighted by atomic mass is 32.2. The zero-order valence-electron chi connectivity index (χ0n) is 12.7. The Balaban J connectivity index is 3.46. The number of nitrogens with one attached hydrogen (secondary N) is 1. The molecule has 0 aliphatic rings. The number of allylic oxidation sites excluding steroid dienone is 2. The normalized spacial score (nSPS) is 11.6. The van der Waals surface area contributed by atoms with E-state index in [1.807, 2.05) is 6.07 Å². The number of benzene rings is 1. The Hall–Kier alpha value is -2.37. The SMILES string of the molecule is C=C/C=C(\c1cccc(NCCN)c1C)S(=O)(=O)N(C)[N+]#N. The number of hydrogen-bond acceptors (Lipinski definition) is 5.